The van der Waals surface area contributed by atoms with E-state index in [2.05, 4.69) is 5.32 Å². The van der Waals surface area contributed by atoms with Crippen molar-refractivity contribution in [1.29, 1.82) is 0 Å². The number of nitrogens with one attached hydrogen (secondary N) is 1. The molecule has 1 aromatic rings. The van der Waals surface area contributed by atoms with Crippen molar-refractivity contribution in [3.63, 3.8) is 0 Å². The number of hydrogen-bond donors (Lipinski definition) is 2. The highest BCUT2D eigenvalue weighted by atomic mass is 32.1. The van der Waals surface area contributed by atoms with Gasteiger partial charge in [-0.15, -0.1) is 0 Å². The highest BCUT2D eigenvalue weighted by Crippen LogP contribution is 2.09. The van der Waals surface area contributed by atoms with Crippen LogP contribution in [0.3, 0.4) is 0 Å². The molecule has 90 valence electrons. The maximum absolute atomic E-state index is 11.6. The molecule has 1 atom stereocenters. The van der Waals surface area contributed by atoms with Gasteiger partial charge in [0.15, 0.2) is 0 Å². The highest BCUT2D eigenvalue weighted by molar-refractivity contribution is 7.08. The Kier molecular flexibility index (Phi) is 4.92. The maximum Gasteiger partial charge on any atom is 0.252 e. The Morgan fingerprint density at radius 2 is 2.44 bits per heavy atom. The van der Waals surface area contributed by atoms with E-state index >= 15 is 0 Å². The van der Waals surface area contributed by atoms with Crippen LogP contribution in [0, 0.1) is 0 Å². The van der Waals surface area contributed by atoms with Crippen LogP contribution in [0.15, 0.2) is 16.8 Å². The number of aliphatic hydroxyl groups is 1. The molecule has 1 aromatic heterocycles. The molecule has 16 heavy (non-hydrogen) atoms. The van der Waals surface area contributed by atoms with Gasteiger partial charge >= 0.3 is 0 Å². The van der Waals surface area contributed by atoms with E-state index in [9.17, 15) is 9.90 Å². The van der Waals surface area contributed by atoms with Crippen LogP contribution in [-0.4, -0.2) is 36.9 Å². The van der Waals surface area contributed by atoms with Gasteiger partial charge in [-0.2, -0.15) is 11.3 Å². The van der Waals surface area contributed by atoms with Crippen molar-refractivity contribution in [2.45, 2.75) is 18.9 Å². The first kappa shape index (κ1) is 13.2. The molecule has 0 saturated carbocycles. The molecule has 0 aliphatic carbocycles. The van der Waals surface area contributed by atoms with Gasteiger partial charge in [0.1, 0.15) is 0 Å². The van der Waals surface area contributed by atoms with Gasteiger partial charge in [-0.1, -0.05) is 0 Å². The Labute approximate surface area is 99.2 Å². The summed E-state index contributed by atoms with van der Waals surface area (Å²) in [6.07, 6.45) is 0.493. The summed E-state index contributed by atoms with van der Waals surface area (Å²) >= 11 is 1.47. The third-order valence-corrected chi connectivity index (χ3v) is 2.94. The molecule has 2 N–H and O–H groups in total. The summed E-state index contributed by atoms with van der Waals surface area (Å²) in [5.41, 5.74) is -0.297. The highest BCUT2D eigenvalue weighted by Gasteiger charge is 2.21. The Morgan fingerprint density at radius 1 is 1.69 bits per heavy atom. The van der Waals surface area contributed by atoms with Gasteiger partial charge < -0.3 is 15.2 Å². The molecule has 0 spiro atoms. The lowest BCUT2D eigenvalue weighted by Crippen LogP contribution is -2.41. The second-order valence-electron chi connectivity index (χ2n) is 3.93. The van der Waals surface area contributed by atoms with Crippen LogP contribution in [0.2, 0.25) is 0 Å². The van der Waals surface area contributed by atoms with Crippen molar-refractivity contribution in [3.05, 3.63) is 22.4 Å². The molecule has 0 fully saturated rings. The SMILES string of the molecule is COCC[C@](C)(O)CNC(=O)c1ccsc1. The molecule has 0 aliphatic heterocycles. The van der Waals surface area contributed by atoms with Gasteiger partial charge in [0.25, 0.3) is 5.91 Å². The predicted molar refractivity (Wildman–Crippen MR) is 63.8 cm³/mol. The number of thiophene rings is 1. The van der Waals surface area contributed by atoms with Crippen molar-refractivity contribution in [2.24, 2.45) is 0 Å². The first-order valence-corrected chi connectivity index (χ1v) is 6.01. The lowest BCUT2D eigenvalue weighted by Gasteiger charge is -2.23. The van der Waals surface area contributed by atoms with Crippen LogP contribution in [0.25, 0.3) is 0 Å². The van der Waals surface area contributed by atoms with Crippen molar-refractivity contribution in [1.82, 2.24) is 5.32 Å². The summed E-state index contributed by atoms with van der Waals surface area (Å²) in [4.78, 5) is 11.6. The molecule has 0 aliphatic rings. The minimum Gasteiger partial charge on any atom is -0.388 e. The number of amides is 1. The van der Waals surface area contributed by atoms with Gasteiger partial charge in [-0.25, -0.2) is 0 Å². The molecule has 1 amide bonds. The summed E-state index contributed by atoms with van der Waals surface area (Å²) in [5.74, 6) is -0.154. The molecule has 4 nitrogen and oxygen atoms in total. The zero-order valence-corrected chi connectivity index (χ0v) is 10.3. The fourth-order valence-electron chi connectivity index (χ4n) is 1.18. The third-order valence-electron chi connectivity index (χ3n) is 2.26. The molecule has 0 saturated heterocycles. The minimum absolute atomic E-state index is 0.154. The summed E-state index contributed by atoms with van der Waals surface area (Å²) < 4.78 is 4.89. The maximum atomic E-state index is 11.6. The number of methoxy groups -OCH3 is 1. The van der Waals surface area contributed by atoms with Crippen LogP contribution in [0.5, 0.6) is 0 Å². The minimum atomic E-state index is -0.929. The standard InChI is InChI=1S/C11H17NO3S/c1-11(14,4-5-15-2)8-12-10(13)9-3-6-16-7-9/h3,6-7,14H,4-5,8H2,1-2H3,(H,12,13)/t11-/m0/s1. The second-order valence-corrected chi connectivity index (χ2v) is 4.71. The van der Waals surface area contributed by atoms with E-state index in [1.165, 1.54) is 11.3 Å². The van der Waals surface area contributed by atoms with Gasteiger partial charge in [0.2, 0.25) is 0 Å². The average molecular weight is 243 g/mol. The molecule has 0 bridgehead atoms. The molecular formula is C11H17NO3S. The van der Waals surface area contributed by atoms with Gasteiger partial charge in [0, 0.05) is 37.6 Å². The zero-order valence-electron chi connectivity index (χ0n) is 9.53. The largest absolute Gasteiger partial charge is 0.388 e. The monoisotopic (exact) mass is 243 g/mol. The molecular weight excluding hydrogens is 226 g/mol. The van der Waals surface area contributed by atoms with Gasteiger partial charge in [-0.3, -0.25) is 4.79 Å². The Balaban J connectivity index is 2.36. The number of hydrogen-bond acceptors (Lipinski definition) is 4. The molecule has 1 rings (SSSR count). The summed E-state index contributed by atoms with van der Waals surface area (Å²) in [7, 11) is 1.58. The Hall–Kier alpha value is -0.910. The van der Waals surface area contributed by atoms with Crippen LogP contribution < -0.4 is 5.32 Å². The van der Waals surface area contributed by atoms with Crippen LogP contribution >= 0.6 is 11.3 Å². The lowest BCUT2D eigenvalue weighted by molar-refractivity contribution is 0.0244. The molecule has 0 aromatic carbocycles. The van der Waals surface area contributed by atoms with E-state index in [0.29, 0.717) is 18.6 Å². The first-order chi connectivity index (χ1) is 7.55. The quantitative estimate of drug-likeness (QED) is 0.791. The summed E-state index contributed by atoms with van der Waals surface area (Å²) in [6.45, 7) is 2.38. The van der Waals surface area contributed by atoms with E-state index < -0.39 is 5.60 Å². The number of carbonyl (C=O) groups is 1. The van der Waals surface area contributed by atoms with Crippen LogP contribution in [0.1, 0.15) is 23.7 Å². The van der Waals surface area contributed by atoms with Crippen molar-refractivity contribution in [3.8, 4) is 0 Å². The molecule has 5 heteroatoms. The zero-order chi connectivity index (χ0) is 12.0. The number of rotatable bonds is 6. The van der Waals surface area contributed by atoms with Gasteiger partial charge in [0.05, 0.1) is 5.60 Å². The van der Waals surface area contributed by atoms with E-state index in [1.807, 2.05) is 5.38 Å². The van der Waals surface area contributed by atoms with E-state index in [1.54, 1.807) is 25.5 Å². The summed E-state index contributed by atoms with van der Waals surface area (Å²) in [5, 5.41) is 16.2. The van der Waals surface area contributed by atoms with E-state index in [0.717, 1.165) is 0 Å². The Morgan fingerprint density at radius 3 is 3.00 bits per heavy atom. The van der Waals surface area contributed by atoms with Crippen molar-refractivity contribution >= 4 is 17.2 Å². The van der Waals surface area contributed by atoms with Crippen molar-refractivity contribution < 1.29 is 14.6 Å². The Bertz CT molecular complexity index is 322. The summed E-state index contributed by atoms with van der Waals surface area (Å²) in [6, 6.07) is 1.75. The van der Waals surface area contributed by atoms with Crippen LogP contribution in [-0.2, 0) is 4.74 Å². The van der Waals surface area contributed by atoms with E-state index in [4.69, 9.17) is 4.74 Å². The number of ether oxygens (including phenoxy) is 1. The average Bonchev–Trinajstić information content (AvgIpc) is 2.77. The predicted octanol–water partition coefficient (Wildman–Crippen LogP) is 1.27. The fourth-order valence-corrected chi connectivity index (χ4v) is 1.81. The molecule has 1 heterocycles. The second kappa shape index (κ2) is 5.98. The molecule has 0 unspecified atom stereocenters. The van der Waals surface area contributed by atoms with Crippen molar-refractivity contribution in [2.75, 3.05) is 20.3 Å². The normalized spacial score (nSPS) is 14.4. The topological polar surface area (TPSA) is 58.6 Å². The fraction of sp³-hybridized carbons (Fsp3) is 0.545. The third kappa shape index (κ3) is 4.30. The van der Waals surface area contributed by atoms with Gasteiger partial charge in [-0.05, 0) is 18.4 Å². The van der Waals surface area contributed by atoms with Crippen LogP contribution in [0.4, 0.5) is 0 Å². The first-order valence-electron chi connectivity index (χ1n) is 5.07. The number of carbonyl (C=O) groups excluding carboxylic acids is 1. The molecule has 0 radical (unpaired) electrons. The van der Waals surface area contributed by atoms with E-state index in [-0.39, 0.29) is 12.5 Å². The lowest BCUT2D eigenvalue weighted by atomic mass is 10.0. The smallest absolute Gasteiger partial charge is 0.252 e.